The number of thioether (sulfide) groups is 2. The topological polar surface area (TPSA) is 64.6 Å². The third kappa shape index (κ3) is 7.05. The predicted octanol–water partition coefficient (Wildman–Crippen LogP) is 6.47. The second-order valence-corrected chi connectivity index (χ2v) is 11.1. The van der Waals surface area contributed by atoms with Gasteiger partial charge in [0.05, 0.1) is 4.58 Å². The van der Waals surface area contributed by atoms with Gasteiger partial charge < -0.3 is 14.8 Å². The maximum atomic E-state index is 13.1. The summed E-state index contributed by atoms with van der Waals surface area (Å²) in [5.74, 6) is 1.93. The normalized spacial score (nSPS) is 14.7. The summed E-state index contributed by atoms with van der Waals surface area (Å²) in [6.45, 7) is 3.59. The zero-order valence-electron chi connectivity index (χ0n) is 19.9. The van der Waals surface area contributed by atoms with Crippen molar-refractivity contribution >= 4 is 41.1 Å². The lowest BCUT2D eigenvalue weighted by atomic mass is 10.1. The molecule has 1 fully saturated rings. The van der Waals surface area contributed by atoms with Crippen LogP contribution in [0, 0.1) is 13.8 Å². The summed E-state index contributed by atoms with van der Waals surface area (Å²) in [7, 11) is 0. The van der Waals surface area contributed by atoms with Crippen molar-refractivity contribution in [2.75, 3.05) is 23.4 Å². The molecule has 0 saturated carbocycles. The van der Waals surface area contributed by atoms with Gasteiger partial charge in [0, 0.05) is 11.3 Å². The van der Waals surface area contributed by atoms with Crippen molar-refractivity contribution < 1.29 is 19.1 Å². The third-order valence-electron chi connectivity index (χ3n) is 5.58. The maximum absolute atomic E-state index is 13.1. The number of aryl methyl sites for hydroxylation is 2. The number of anilines is 1. The molecule has 1 aliphatic rings. The van der Waals surface area contributed by atoms with Crippen LogP contribution in [-0.4, -0.2) is 30.0 Å². The molecule has 0 aromatic heterocycles. The van der Waals surface area contributed by atoms with Crippen molar-refractivity contribution in [2.45, 2.75) is 31.0 Å². The Kier molecular flexibility index (Phi) is 8.77. The number of esters is 1. The van der Waals surface area contributed by atoms with Crippen LogP contribution in [0.5, 0.6) is 5.75 Å². The number of carbonyl (C=O) groups is 2. The van der Waals surface area contributed by atoms with E-state index in [2.05, 4.69) is 5.32 Å². The van der Waals surface area contributed by atoms with Crippen LogP contribution in [0.4, 0.5) is 5.69 Å². The zero-order valence-corrected chi connectivity index (χ0v) is 21.5. The molecule has 0 aliphatic carbocycles. The molecule has 1 saturated heterocycles. The van der Waals surface area contributed by atoms with Crippen LogP contribution in [0.2, 0.25) is 0 Å². The molecule has 0 spiro atoms. The highest BCUT2D eigenvalue weighted by molar-refractivity contribution is 8.16. The lowest BCUT2D eigenvalue weighted by Gasteiger charge is -2.21. The van der Waals surface area contributed by atoms with Gasteiger partial charge in [0.25, 0.3) is 5.91 Å². The minimum Gasteiger partial charge on any atom is -0.482 e. The Labute approximate surface area is 215 Å². The number of hydrogen-bond donors (Lipinski definition) is 1. The lowest BCUT2D eigenvalue weighted by molar-refractivity contribution is -0.156. The Hall–Kier alpha value is -2.90. The second kappa shape index (κ2) is 12.2. The molecule has 0 bridgehead atoms. The minimum atomic E-state index is -1.09. The van der Waals surface area contributed by atoms with E-state index in [0.29, 0.717) is 21.6 Å². The first-order valence-electron chi connectivity index (χ1n) is 11.6. The number of ether oxygens (including phenoxy) is 2. The maximum Gasteiger partial charge on any atom is 0.345 e. The molecule has 1 N–H and O–H groups in total. The van der Waals surface area contributed by atoms with Gasteiger partial charge in [-0.3, -0.25) is 4.79 Å². The molecule has 1 amide bonds. The molecule has 35 heavy (non-hydrogen) atoms. The first kappa shape index (κ1) is 25.2. The van der Waals surface area contributed by atoms with Gasteiger partial charge >= 0.3 is 5.97 Å². The Morgan fingerprint density at radius 2 is 1.69 bits per heavy atom. The summed E-state index contributed by atoms with van der Waals surface area (Å²) in [6.07, 6.45) is 0.164. The summed E-state index contributed by atoms with van der Waals surface area (Å²) in [6, 6.07) is 22.7. The van der Waals surface area contributed by atoms with E-state index in [1.54, 1.807) is 12.1 Å². The second-order valence-electron chi connectivity index (χ2n) is 8.37. The highest BCUT2D eigenvalue weighted by Gasteiger charge is 2.26. The number of carbonyl (C=O) groups excluding carboxylic acids is 2. The fraction of sp³-hybridized carbons (Fsp3) is 0.286. The Morgan fingerprint density at radius 1 is 0.971 bits per heavy atom. The molecular formula is C28H29NO4S2. The fourth-order valence-corrected chi connectivity index (χ4v) is 6.57. The largest absolute Gasteiger partial charge is 0.482 e. The molecular weight excluding hydrogens is 478 g/mol. The lowest BCUT2D eigenvalue weighted by Crippen LogP contribution is -2.28. The minimum absolute atomic E-state index is 0.285. The monoisotopic (exact) mass is 507 g/mol. The van der Waals surface area contributed by atoms with Crippen LogP contribution in [0.15, 0.2) is 72.8 Å². The van der Waals surface area contributed by atoms with E-state index in [1.165, 1.54) is 23.5 Å². The standard InChI is InChI=1S/C28H29NO4S2/c1-19-9-10-20(2)24(17-19)29-27(31)26(21-7-4-3-5-8-21)33-25(30)18-32-23-13-11-22(12-14-23)28-34-15-6-16-35-28/h3-5,7-14,17,26,28H,6,15-16,18H2,1-2H3,(H,29,31)/t26-/m0/s1. The van der Waals surface area contributed by atoms with Gasteiger partial charge in [0.2, 0.25) is 6.10 Å². The highest BCUT2D eigenvalue weighted by atomic mass is 32.2. The number of amides is 1. The van der Waals surface area contributed by atoms with Crippen molar-refractivity contribution in [1.82, 2.24) is 0 Å². The summed E-state index contributed by atoms with van der Waals surface area (Å²) in [5, 5.41) is 2.91. The number of benzene rings is 3. The summed E-state index contributed by atoms with van der Waals surface area (Å²) in [4.78, 5) is 25.8. The predicted molar refractivity (Wildman–Crippen MR) is 144 cm³/mol. The molecule has 0 radical (unpaired) electrons. The van der Waals surface area contributed by atoms with Crippen LogP contribution in [0.1, 0.15) is 39.4 Å². The third-order valence-corrected chi connectivity index (χ3v) is 8.59. The summed E-state index contributed by atoms with van der Waals surface area (Å²) in [5.41, 5.74) is 4.49. The number of rotatable bonds is 8. The summed E-state index contributed by atoms with van der Waals surface area (Å²) < 4.78 is 11.7. The van der Waals surface area contributed by atoms with Gasteiger partial charge in [-0.25, -0.2) is 4.79 Å². The van der Waals surface area contributed by atoms with Gasteiger partial charge in [-0.2, -0.15) is 0 Å². The molecule has 1 heterocycles. The van der Waals surface area contributed by atoms with Crippen molar-refractivity contribution in [3.63, 3.8) is 0 Å². The van der Waals surface area contributed by atoms with Crippen LogP contribution < -0.4 is 10.1 Å². The number of hydrogen-bond acceptors (Lipinski definition) is 6. The van der Waals surface area contributed by atoms with Crippen molar-refractivity contribution in [3.05, 3.63) is 95.1 Å². The van der Waals surface area contributed by atoms with Gasteiger partial charge in [-0.15, -0.1) is 23.5 Å². The Bertz CT molecular complexity index is 1150. The van der Waals surface area contributed by atoms with Crippen LogP contribution in [0.25, 0.3) is 0 Å². The van der Waals surface area contributed by atoms with Gasteiger partial charge in [0.15, 0.2) is 6.61 Å². The van der Waals surface area contributed by atoms with E-state index < -0.39 is 18.0 Å². The van der Waals surface area contributed by atoms with Gasteiger partial charge in [-0.05, 0) is 66.7 Å². The van der Waals surface area contributed by atoms with E-state index in [9.17, 15) is 9.59 Å². The average molecular weight is 508 g/mol. The van der Waals surface area contributed by atoms with E-state index in [1.807, 2.05) is 98.0 Å². The van der Waals surface area contributed by atoms with Crippen LogP contribution in [0.3, 0.4) is 0 Å². The smallest absolute Gasteiger partial charge is 0.345 e. The molecule has 7 heteroatoms. The van der Waals surface area contributed by atoms with Crippen LogP contribution >= 0.6 is 23.5 Å². The van der Waals surface area contributed by atoms with E-state index in [0.717, 1.165) is 11.1 Å². The molecule has 182 valence electrons. The van der Waals surface area contributed by atoms with Crippen molar-refractivity contribution in [1.29, 1.82) is 0 Å². The van der Waals surface area contributed by atoms with E-state index in [-0.39, 0.29) is 6.61 Å². The highest BCUT2D eigenvalue weighted by Crippen LogP contribution is 2.43. The first-order valence-corrected chi connectivity index (χ1v) is 13.7. The molecule has 4 rings (SSSR count). The molecule has 3 aromatic carbocycles. The van der Waals surface area contributed by atoms with Crippen molar-refractivity contribution in [3.8, 4) is 5.75 Å². The molecule has 3 aromatic rings. The SMILES string of the molecule is Cc1ccc(C)c(NC(=O)[C@@H](OC(=O)COc2ccc(C3SCCCS3)cc2)c2ccccc2)c1. The van der Waals surface area contributed by atoms with Gasteiger partial charge in [-0.1, -0.05) is 54.6 Å². The van der Waals surface area contributed by atoms with E-state index in [4.69, 9.17) is 9.47 Å². The average Bonchev–Trinajstić information content (AvgIpc) is 2.89. The van der Waals surface area contributed by atoms with E-state index >= 15 is 0 Å². The van der Waals surface area contributed by atoms with Gasteiger partial charge in [0.1, 0.15) is 5.75 Å². The Morgan fingerprint density at radius 3 is 2.40 bits per heavy atom. The molecule has 0 unspecified atom stereocenters. The first-order chi connectivity index (χ1) is 17.0. The Balaban J connectivity index is 1.39. The summed E-state index contributed by atoms with van der Waals surface area (Å²) >= 11 is 3.92. The molecule has 5 nitrogen and oxygen atoms in total. The quantitative estimate of drug-likeness (QED) is 0.352. The fourth-order valence-electron chi connectivity index (χ4n) is 3.68. The van der Waals surface area contributed by atoms with Crippen molar-refractivity contribution in [2.24, 2.45) is 0 Å². The number of nitrogens with one attached hydrogen (secondary N) is 1. The van der Waals surface area contributed by atoms with Crippen LogP contribution in [-0.2, 0) is 14.3 Å². The molecule has 1 atom stereocenters. The zero-order chi connectivity index (χ0) is 24.6. The molecule has 1 aliphatic heterocycles.